The van der Waals surface area contributed by atoms with Crippen LogP contribution in [0.5, 0.6) is 0 Å². The van der Waals surface area contributed by atoms with Crippen molar-refractivity contribution in [1.29, 1.82) is 0 Å². The van der Waals surface area contributed by atoms with Crippen molar-refractivity contribution in [2.45, 2.75) is 18.9 Å². The molecular weight excluding hydrogens is 495 g/mol. The SMILES string of the molecule is O=C(O)c1cc2c(Br)c(N(C(=O)c3cccc(Cl)c3Cl)C3CCNCC3)ccc2o1. The molecule has 30 heavy (non-hydrogen) atoms. The standard InChI is InChI=1S/C21H17BrCl2N2O4/c22-18-13-10-17(21(28)29)30-16(13)5-4-15(18)26(11-6-8-25-9-7-11)20(27)12-2-1-3-14(23)19(12)24/h1-5,10-11,25H,6-9H2,(H,28,29). The van der Waals surface area contributed by atoms with Gasteiger partial charge in [0.25, 0.3) is 5.91 Å². The van der Waals surface area contributed by atoms with Crippen molar-refractivity contribution in [3.05, 3.63) is 62.2 Å². The van der Waals surface area contributed by atoms with Crippen LogP contribution in [-0.2, 0) is 0 Å². The molecule has 156 valence electrons. The molecule has 2 heterocycles. The van der Waals surface area contributed by atoms with E-state index in [0.717, 1.165) is 25.9 Å². The monoisotopic (exact) mass is 510 g/mol. The molecule has 0 bridgehead atoms. The molecule has 0 saturated carbocycles. The normalized spacial score (nSPS) is 14.8. The Kier molecular flexibility index (Phi) is 6.06. The number of nitrogens with one attached hydrogen (secondary N) is 1. The van der Waals surface area contributed by atoms with Gasteiger partial charge in [0.05, 0.1) is 25.8 Å². The van der Waals surface area contributed by atoms with Gasteiger partial charge in [-0.25, -0.2) is 4.79 Å². The number of hydrogen-bond donors (Lipinski definition) is 2. The number of piperidine rings is 1. The van der Waals surface area contributed by atoms with Crippen LogP contribution in [0.15, 0.2) is 45.3 Å². The lowest BCUT2D eigenvalue weighted by Gasteiger charge is -2.35. The van der Waals surface area contributed by atoms with E-state index in [9.17, 15) is 14.7 Å². The number of carboxylic acids is 1. The zero-order chi connectivity index (χ0) is 21.4. The second kappa shape index (κ2) is 8.59. The first-order chi connectivity index (χ1) is 14.4. The molecular formula is C21H17BrCl2N2O4. The van der Waals surface area contributed by atoms with Crippen LogP contribution in [0.4, 0.5) is 5.69 Å². The van der Waals surface area contributed by atoms with Crippen molar-refractivity contribution < 1.29 is 19.1 Å². The summed E-state index contributed by atoms with van der Waals surface area (Å²) >= 11 is 16.1. The predicted octanol–water partition coefficient (Wildman–Crippen LogP) is 5.60. The van der Waals surface area contributed by atoms with Crippen molar-refractivity contribution in [1.82, 2.24) is 5.32 Å². The Labute approximate surface area is 190 Å². The summed E-state index contributed by atoms with van der Waals surface area (Å²) in [6.07, 6.45) is 1.53. The predicted molar refractivity (Wildman–Crippen MR) is 120 cm³/mol. The molecule has 1 saturated heterocycles. The highest BCUT2D eigenvalue weighted by Gasteiger charge is 2.31. The van der Waals surface area contributed by atoms with E-state index in [2.05, 4.69) is 21.2 Å². The zero-order valence-electron chi connectivity index (χ0n) is 15.6. The Hall–Kier alpha value is -2.06. The number of carboxylic acid groups (broad SMARTS) is 1. The molecule has 1 aliphatic rings. The quantitative estimate of drug-likeness (QED) is 0.476. The molecule has 1 amide bonds. The molecule has 0 radical (unpaired) electrons. The van der Waals surface area contributed by atoms with E-state index in [1.54, 1.807) is 35.2 Å². The van der Waals surface area contributed by atoms with Gasteiger partial charge >= 0.3 is 5.97 Å². The van der Waals surface area contributed by atoms with Crippen LogP contribution in [0.1, 0.15) is 33.8 Å². The smallest absolute Gasteiger partial charge is 0.371 e. The summed E-state index contributed by atoms with van der Waals surface area (Å²) < 4.78 is 5.97. The van der Waals surface area contributed by atoms with Crippen LogP contribution in [-0.4, -0.2) is 36.1 Å². The van der Waals surface area contributed by atoms with E-state index in [0.29, 0.717) is 31.7 Å². The van der Waals surface area contributed by atoms with Crippen molar-refractivity contribution >= 4 is 67.7 Å². The minimum atomic E-state index is -1.16. The van der Waals surface area contributed by atoms with Gasteiger partial charge in [0, 0.05) is 17.5 Å². The maximum atomic E-state index is 13.6. The molecule has 1 fully saturated rings. The van der Waals surface area contributed by atoms with E-state index in [-0.39, 0.29) is 22.7 Å². The van der Waals surface area contributed by atoms with Gasteiger partial charge in [-0.1, -0.05) is 29.3 Å². The van der Waals surface area contributed by atoms with Crippen LogP contribution in [0.2, 0.25) is 10.0 Å². The summed E-state index contributed by atoms with van der Waals surface area (Å²) in [5.41, 5.74) is 1.35. The summed E-state index contributed by atoms with van der Waals surface area (Å²) in [4.78, 5) is 26.7. The van der Waals surface area contributed by atoms with Gasteiger partial charge in [0.1, 0.15) is 5.58 Å². The van der Waals surface area contributed by atoms with Gasteiger partial charge in [-0.3, -0.25) is 4.79 Å². The number of benzene rings is 2. The second-order valence-electron chi connectivity index (χ2n) is 6.98. The number of carbonyl (C=O) groups excluding carboxylic acids is 1. The first-order valence-electron chi connectivity index (χ1n) is 9.32. The zero-order valence-corrected chi connectivity index (χ0v) is 18.7. The minimum Gasteiger partial charge on any atom is -0.475 e. The van der Waals surface area contributed by atoms with E-state index in [1.807, 2.05) is 0 Å². The number of nitrogens with zero attached hydrogens (tertiary/aromatic N) is 1. The molecule has 0 spiro atoms. The summed E-state index contributed by atoms with van der Waals surface area (Å²) in [6.45, 7) is 1.57. The fourth-order valence-electron chi connectivity index (χ4n) is 3.69. The molecule has 0 unspecified atom stereocenters. The molecule has 0 atom stereocenters. The first kappa shape index (κ1) is 21.2. The Morgan fingerprint density at radius 3 is 2.60 bits per heavy atom. The van der Waals surface area contributed by atoms with Crippen molar-refractivity contribution in [2.75, 3.05) is 18.0 Å². The molecule has 3 aromatic rings. The number of aromatic carboxylic acids is 1. The summed E-state index contributed by atoms with van der Waals surface area (Å²) in [6, 6.07) is 9.78. The minimum absolute atomic E-state index is 0.0617. The lowest BCUT2D eigenvalue weighted by molar-refractivity contribution is 0.0664. The first-order valence-corrected chi connectivity index (χ1v) is 10.9. The average molecular weight is 512 g/mol. The van der Waals surface area contributed by atoms with Crippen LogP contribution in [0, 0.1) is 0 Å². The molecule has 2 N–H and O–H groups in total. The number of hydrogen-bond acceptors (Lipinski definition) is 4. The number of carbonyl (C=O) groups is 2. The molecule has 4 rings (SSSR count). The molecule has 6 nitrogen and oxygen atoms in total. The third-order valence-electron chi connectivity index (χ3n) is 5.16. The Morgan fingerprint density at radius 2 is 1.90 bits per heavy atom. The Morgan fingerprint density at radius 1 is 1.17 bits per heavy atom. The lowest BCUT2D eigenvalue weighted by atomic mass is 10.0. The number of halogens is 3. The lowest BCUT2D eigenvalue weighted by Crippen LogP contribution is -2.46. The fraction of sp³-hybridized carbons (Fsp3) is 0.238. The average Bonchev–Trinajstić information content (AvgIpc) is 3.18. The molecule has 1 aromatic heterocycles. The maximum absolute atomic E-state index is 13.6. The van der Waals surface area contributed by atoms with E-state index >= 15 is 0 Å². The van der Waals surface area contributed by atoms with Crippen molar-refractivity contribution in [3.63, 3.8) is 0 Å². The number of amides is 1. The largest absolute Gasteiger partial charge is 0.475 e. The van der Waals surface area contributed by atoms with Gasteiger partial charge in [-0.2, -0.15) is 0 Å². The second-order valence-corrected chi connectivity index (χ2v) is 8.56. The van der Waals surface area contributed by atoms with Gasteiger partial charge < -0.3 is 19.7 Å². The molecule has 9 heteroatoms. The van der Waals surface area contributed by atoms with Crippen molar-refractivity contribution in [2.24, 2.45) is 0 Å². The van der Waals surface area contributed by atoms with Crippen LogP contribution < -0.4 is 10.2 Å². The van der Waals surface area contributed by atoms with Gasteiger partial charge in [-0.05, 0) is 66.1 Å². The van der Waals surface area contributed by atoms with Gasteiger partial charge in [0.15, 0.2) is 0 Å². The Bertz CT molecular complexity index is 1140. The van der Waals surface area contributed by atoms with Crippen LogP contribution in [0.3, 0.4) is 0 Å². The highest BCUT2D eigenvalue weighted by molar-refractivity contribution is 9.10. The fourth-order valence-corrected chi connectivity index (χ4v) is 4.71. The van der Waals surface area contributed by atoms with E-state index < -0.39 is 5.97 Å². The van der Waals surface area contributed by atoms with Crippen LogP contribution in [0.25, 0.3) is 11.0 Å². The highest BCUT2D eigenvalue weighted by atomic mass is 79.9. The van der Waals surface area contributed by atoms with Gasteiger partial charge in [0.2, 0.25) is 5.76 Å². The van der Waals surface area contributed by atoms with E-state index in [1.165, 1.54) is 6.07 Å². The van der Waals surface area contributed by atoms with Gasteiger partial charge in [-0.15, -0.1) is 0 Å². The summed E-state index contributed by atoms with van der Waals surface area (Å²) in [7, 11) is 0. The third kappa shape index (κ3) is 3.83. The summed E-state index contributed by atoms with van der Waals surface area (Å²) in [5.74, 6) is -1.59. The number of rotatable bonds is 4. The third-order valence-corrected chi connectivity index (χ3v) is 6.81. The maximum Gasteiger partial charge on any atom is 0.371 e. The van der Waals surface area contributed by atoms with E-state index in [4.69, 9.17) is 27.6 Å². The highest BCUT2D eigenvalue weighted by Crippen LogP contribution is 2.39. The number of furan rings is 1. The number of fused-ring (bicyclic) bond motifs is 1. The Balaban J connectivity index is 1.85. The summed E-state index contributed by atoms with van der Waals surface area (Å²) in [5, 5.41) is 13.6. The topological polar surface area (TPSA) is 82.8 Å². The molecule has 0 aliphatic carbocycles. The molecule has 1 aliphatic heterocycles. The van der Waals surface area contributed by atoms with Crippen LogP contribution >= 0.6 is 39.1 Å². The number of anilines is 1. The van der Waals surface area contributed by atoms with Crippen molar-refractivity contribution in [3.8, 4) is 0 Å². The molecule has 2 aromatic carbocycles.